The van der Waals surface area contributed by atoms with Gasteiger partial charge in [0.1, 0.15) is 11.6 Å². The summed E-state index contributed by atoms with van der Waals surface area (Å²) in [5.74, 6) is -0.390. The number of nitrogens with zero attached hydrogens (tertiary/aromatic N) is 1. The molecule has 1 rings (SSSR count). The third-order valence-electron chi connectivity index (χ3n) is 2.73. The second kappa shape index (κ2) is 6.60. The zero-order valence-electron chi connectivity index (χ0n) is 11.8. The first-order valence-corrected chi connectivity index (χ1v) is 6.22. The molecule has 4 nitrogen and oxygen atoms in total. The maximum atomic E-state index is 12.0. The van der Waals surface area contributed by atoms with Crippen LogP contribution in [0.25, 0.3) is 0 Å². The van der Waals surface area contributed by atoms with Crippen LogP contribution in [0, 0.1) is 32.1 Å². The molecule has 0 fully saturated rings. The van der Waals surface area contributed by atoms with Crippen LogP contribution in [0.2, 0.25) is 0 Å². The van der Waals surface area contributed by atoms with Crippen molar-refractivity contribution in [3.8, 4) is 6.07 Å². The highest BCUT2D eigenvalue weighted by Crippen LogP contribution is 2.22. The summed E-state index contributed by atoms with van der Waals surface area (Å²) in [6, 6.07) is 5.90. The minimum atomic E-state index is -0.390. The Morgan fingerprint density at radius 3 is 2.37 bits per heavy atom. The fourth-order valence-electron chi connectivity index (χ4n) is 1.91. The van der Waals surface area contributed by atoms with Crippen molar-refractivity contribution in [3.05, 3.63) is 40.6 Å². The minimum absolute atomic E-state index is 0.0706. The van der Waals surface area contributed by atoms with E-state index in [9.17, 15) is 4.79 Å². The topological polar surface area (TPSA) is 64.9 Å². The number of carbonyl (C=O) groups excluding carboxylic acids is 1. The van der Waals surface area contributed by atoms with Crippen LogP contribution in [0.1, 0.15) is 23.6 Å². The summed E-state index contributed by atoms with van der Waals surface area (Å²) < 4.78 is 0. The maximum absolute atomic E-state index is 12.0. The number of benzene rings is 1. The van der Waals surface area contributed by atoms with Crippen LogP contribution >= 0.6 is 0 Å². The third kappa shape index (κ3) is 3.85. The van der Waals surface area contributed by atoms with Gasteiger partial charge in [-0.3, -0.25) is 4.79 Å². The Morgan fingerprint density at radius 1 is 1.32 bits per heavy atom. The van der Waals surface area contributed by atoms with E-state index in [1.165, 1.54) is 6.20 Å². The van der Waals surface area contributed by atoms with Gasteiger partial charge >= 0.3 is 0 Å². The molecule has 0 unspecified atom stereocenters. The summed E-state index contributed by atoms with van der Waals surface area (Å²) in [6.07, 6.45) is 1.44. The van der Waals surface area contributed by atoms with Gasteiger partial charge < -0.3 is 10.6 Å². The first-order chi connectivity index (χ1) is 8.99. The number of nitrogens with one attached hydrogen (secondary N) is 2. The predicted octanol–water partition coefficient (Wildman–Crippen LogP) is 2.57. The average Bonchev–Trinajstić information content (AvgIpc) is 2.34. The highest BCUT2D eigenvalue weighted by atomic mass is 16.1. The molecule has 0 aromatic heterocycles. The van der Waals surface area contributed by atoms with Gasteiger partial charge in [-0.2, -0.15) is 5.26 Å². The molecule has 0 atom stereocenters. The van der Waals surface area contributed by atoms with E-state index < -0.39 is 5.91 Å². The molecular weight excluding hydrogens is 238 g/mol. The predicted molar refractivity (Wildman–Crippen MR) is 76.7 cm³/mol. The highest BCUT2D eigenvalue weighted by molar-refractivity contribution is 6.07. The molecule has 0 radical (unpaired) electrons. The first-order valence-electron chi connectivity index (χ1n) is 6.22. The summed E-state index contributed by atoms with van der Waals surface area (Å²) in [5.41, 5.74) is 3.98. The molecule has 0 bridgehead atoms. The normalized spacial score (nSPS) is 10.8. The van der Waals surface area contributed by atoms with Crippen LogP contribution in [-0.4, -0.2) is 12.5 Å². The van der Waals surface area contributed by atoms with Crippen molar-refractivity contribution < 1.29 is 4.79 Å². The van der Waals surface area contributed by atoms with Gasteiger partial charge in [0.05, 0.1) is 0 Å². The molecule has 0 aliphatic heterocycles. The standard InChI is InChI=1S/C15H19N3O/c1-5-17-9-13(8-16)15(19)18-14-11(3)6-10(2)7-12(14)4/h6-7,9,17H,5H2,1-4H3,(H,18,19)/b13-9-. The minimum Gasteiger partial charge on any atom is -0.390 e. The van der Waals surface area contributed by atoms with Crippen LogP contribution in [0.3, 0.4) is 0 Å². The van der Waals surface area contributed by atoms with Crippen molar-refractivity contribution in [3.63, 3.8) is 0 Å². The number of carbonyl (C=O) groups is 1. The fourth-order valence-corrected chi connectivity index (χ4v) is 1.91. The summed E-state index contributed by atoms with van der Waals surface area (Å²) >= 11 is 0. The summed E-state index contributed by atoms with van der Waals surface area (Å²) in [6.45, 7) is 8.46. The molecule has 0 aliphatic rings. The Morgan fingerprint density at radius 2 is 1.89 bits per heavy atom. The molecule has 0 heterocycles. The monoisotopic (exact) mass is 257 g/mol. The number of rotatable bonds is 4. The number of nitriles is 1. The van der Waals surface area contributed by atoms with Crippen molar-refractivity contribution in [2.45, 2.75) is 27.7 Å². The van der Waals surface area contributed by atoms with Gasteiger partial charge in [-0.15, -0.1) is 0 Å². The van der Waals surface area contributed by atoms with Gasteiger partial charge in [0, 0.05) is 18.4 Å². The zero-order valence-corrected chi connectivity index (χ0v) is 11.8. The Kier molecular flexibility index (Phi) is 5.13. The van der Waals surface area contributed by atoms with Crippen LogP contribution < -0.4 is 10.6 Å². The molecule has 1 aromatic rings. The quantitative estimate of drug-likeness (QED) is 0.643. The fraction of sp³-hybridized carbons (Fsp3) is 0.333. The van der Waals surface area contributed by atoms with E-state index >= 15 is 0 Å². The van der Waals surface area contributed by atoms with Gasteiger partial charge in [0.25, 0.3) is 5.91 Å². The first kappa shape index (κ1) is 14.8. The number of anilines is 1. The zero-order chi connectivity index (χ0) is 14.4. The van der Waals surface area contributed by atoms with E-state index in [1.54, 1.807) is 0 Å². The molecule has 0 saturated heterocycles. The van der Waals surface area contributed by atoms with E-state index in [2.05, 4.69) is 10.6 Å². The average molecular weight is 257 g/mol. The molecule has 2 N–H and O–H groups in total. The SMILES string of the molecule is CCN/C=C(/C#N)C(=O)Nc1c(C)cc(C)cc1C. The lowest BCUT2D eigenvalue weighted by molar-refractivity contribution is -0.112. The Balaban J connectivity index is 2.97. The van der Waals surface area contributed by atoms with E-state index in [-0.39, 0.29) is 5.57 Å². The van der Waals surface area contributed by atoms with Gasteiger partial charge in [0.2, 0.25) is 0 Å². The Bertz CT molecular complexity index is 530. The van der Waals surface area contributed by atoms with Crippen molar-refractivity contribution in [1.82, 2.24) is 5.32 Å². The van der Waals surface area contributed by atoms with Gasteiger partial charge in [-0.05, 0) is 38.8 Å². The molecule has 0 spiro atoms. The van der Waals surface area contributed by atoms with Gasteiger partial charge in [-0.1, -0.05) is 17.7 Å². The van der Waals surface area contributed by atoms with E-state index in [1.807, 2.05) is 45.9 Å². The van der Waals surface area contributed by atoms with E-state index in [0.29, 0.717) is 6.54 Å². The second-order valence-electron chi connectivity index (χ2n) is 4.46. The van der Waals surface area contributed by atoms with Gasteiger partial charge in [0.15, 0.2) is 0 Å². The van der Waals surface area contributed by atoms with E-state index in [0.717, 1.165) is 22.4 Å². The largest absolute Gasteiger partial charge is 0.390 e. The lowest BCUT2D eigenvalue weighted by atomic mass is 10.0. The Labute approximate surface area is 114 Å². The highest BCUT2D eigenvalue weighted by Gasteiger charge is 2.12. The molecule has 0 saturated carbocycles. The summed E-state index contributed by atoms with van der Waals surface area (Å²) in [4.78, 5) is 12.0. The number of hydrogen-bond donors (Lipinski definition) is 2. The van der Waals surface area contributed by atoms with Crippen molar-refractivity contribution in [2.24, 2.45) is 0 Å². The van der Waals surface area contributed by atoms with Crippen LogP contribution in [0.4, 0.5) is 5.69 Å². The summed E-state index contributed by atoms with van der Waals surface area (Å²) in [7, 11) is 0. The van der Waals surface area contributed by atoms with Crippen LogP contribution in [0.5, 0.6) is 0 Å². The number of aryl methyl sites for hydroxylation is 3. The molecule has 4 heteroatoms. The molecule has 100 valence electrons. The van der Waals surface area contributed by atoms with Crippen LogP contribution in [0.15, 0.2) is 23.9 Å². The third-order valence-corrected chi connectivity index (χ3v) is 2.73. The van der Waals surface area contributed by atoms with E-state index in [4.69, 9.17) is 5.26 Å². The molecule has 1 amide bonds. The molecule has 1 aromatic carbocycles. The molecule has 0 aliphatic carbocycles. The maximum Gasteiger partial charge on any atom is 0.267 e. The molecular formula is C15H19N3O. The van der Waals surface area contributed by atoms with Crippen molar-refractivity contribution in [1.29, 1.82) is 5.26 Å². The summed E-state index contributed by atoms with van der Waals surface area (Å²) in [5, 5.41) is 14.6. The molecule has 19 heavy (non-hydrogen) atoms. The van der Waals surface area contributed by atoms with Crippen LogP contribution in [-0.2, 0) is 4.79 Å². The van der Waals surface area contributed by atoms with Crippen molar-refractivity contribution in [2.75, 3.05) is 11.9 Å². The van der Waals surface area contributed by atoms with Crippen molar-refractivity contribution >= 4 is 11.6 Å². The number of hydrogen-bond acceptors (Lipinski definition) is 3. The van der Waals surface area contributed by atoms with Gasteiger partial charge in [-0.25, -0.2) is 0 Å². The number of amides is 1. The smallest absolute Gasteiger partial charge is 0.267 e. The lowest BCUT2D eigenvalue weighted by Gasteiger charge is -2.12. The Hall–Kier alpha value is -2.28. The second-order valence-corrected chi connectivity index (χ2v) is 4.46. The lowest BCUT2D eigenvalue weighted by Crippen LogP contribution is -2.17.